The Hall–Kier alpha value is -4.22. The number of amides is 1. The van der Waals surface area contributed by atoms with Crippen molar-refractivity contribution < 1.29 is 23.8 Å². The zero-order chi connectivity index (χ0) is 31.2. The molecule has 0 radical (unpaired) electrons. The highest BCUT2D eigenvalue weighted by Crippen LogP contribution is 2.35. The molecule has 2 atom stereocenters. The van der Waals surface area contributed by atoms with Gasteiger partial charge >= 0.3 is 5.97 Å². The molecule has 4 heterocycles. The third-order valence-corrected chi connectivity index (χ3v) is 8.92. The normalized spacial score (nSPS) is 16.5. The number of H-pyrrole nitrogens is 1. The van der Waals surface area contributed by atoms with E-state index in [1.54, 1.807) is 20.2 Å². The van der Waals surface area contributed by atoms with Crippen molar-refractivity contribution in [1.29, 1.82) is 5.26 Å². The van der Waals surface area contributed by atoms with E-state index in [-0.39, 0.29) is 22.3 Å². The number of benzene rings is 1. The van der Waals surface area contributed by atoms with Crippen LogP contribution < -0.4 is 10.2 Å². The molecule has 0 bridgehead atoms. The fraction of sp³-hybridized carbons (Fsp3) is 0.367. The Morgan fingerprint density at radius 3 is 2.80 bits per heavy atom. The maximum Gasteiger partial charge on any atom is 0.350 e. The van der Waals surface area contributed by atoms with Crippen molar-refractivity contribution in [3.63, 3.8) is 0 Å². The number of rotatable bonds is 11. The molecule has 1 fully saturated rings. The van der Waals surface area contributed by atoms with Crippen molar-refractivity contribution in [3.8, 4) is 17.6 Å². The van der Waals surface area contributed by atoms with Crippen LogP contribution in [-0.4, -0.2) is 77.5 Å². The number of anilines is 1. The molecule has 12 nitrogen and oxygen atoms in total. The monoisotopic (exact) mass is 637 g/mol. The van der Waals surface area contributed by atoms with Crippen LogP contribution in [0.5, 0.6) is 0 Å². The maximum atomic E-state index is 13.3. The van der Waals surface area contributed by atoms with Gasteiger partial charge in [0.25, 0.3) is 5.91 Å². The molecule has 1 saturated heterocycles. The average molecular weight is 638 g/mol. The van der Waals surface area contributed by atoms with Crippen LogP contribution in [0.2, 0.25) is 5.02 Å². The lowest BCUT2D eigenvalue weighted by Gasteiger charge is -2.38. The van der Waals surface area contributed by atoms with E-state index in [1.165, 1.54) is 18.4 Å². The number of ether oxygens (including phenoxy) is 3. The van der Waals surface area contributed by atoms with Crippen LogP contribution in [0, 0.1) is 18.3 Å². The number of carbonyl (C=O) groups is 2. The van der Waals surface area contributed by atoms with Crippen molar-refractivity contribution in [2.45, 2.75) is 38.6 Å². The summed E-state index contributed by atoms with van der Waals surface area (Å²) in [6.45, 7) is 3.96. The van der Waals surface area contributed by atoms with Gasteiger partial charge in [0.2, 0.25) is 0 Å². The number of nitrogens with one attached hydrogen (secondary N) is 2. The Kier molecular flexibility index (Phi) is 9.96. The number of piperidine rings is 1. The summed E-state index contributed by atoms with van der Waals surface area (Å²) in [6.07, 6.45) is 3.55. The quantitative estimate of drug-likeness (QED) is 0.231. The minimum atomic E-state index is -0.503. The number of imidazole rings is 1. The molecule has 44 heavy (non-hydrogen) atoms. The van der Waals surface area contributed by atoms with Crippen LogP contribution in [-0.2, 0) is 27.4 Å². The summed E-state index contributed by atoms with van der Waals surface area (Å²) in [5, 5.41) is 13.5. The van der Waals surface area contributed by atoms with Gasteiger partial charge in [-0.3, -0.25) is 4.79 Å². The second kappa shape index (κ2) is 14.0. The van der Waals surface area contributed by atoms with Gasteiger partial charge in [0.05, 0.1) is 37.5 Å². The Morgan fingerprint density at radius 1 is 1.27 bits per heavy atom. The molecule has 0 spiro atoms. The fourth-order valence-corrected chi connectivity index (χ4v) is 6.24. The third-order valence-electron chi connectivity index (χ3n) is 7.35. The number of thiazole rings is 1. The first kappa shape index (κ1) is 31.2. The van der Waals surface area contributed by atoms with Crippen LogP contribution in [0.1, 0.15) is 43.4 Å². The molecular weight excluding hydrogens is 606 g/mol. The first-order valence-electron chi connectivity index (χ1n) is 13.9. The standard InChI is InChI=1S/C30H32ClN7O5S/c1-18-23(31)20(15-32)24(34-18)28(39)35-21-9-11-38(16-22(21)43-17-19-7-5-4-6-8-19)30-36-25(26(44-30)29(40)42-3)27-33-10-12-37(27)13-14-41-2/h4-8,10,12,21-22,34H,9,11,13-14,16-17H2,1-3H3,(H,35,39)/t21-,22+/m1/s1. The second-order valence-corrected chi connectivity index (χ2v) is 11.5. The number of hydrogen-bond donors (Lipinski definition) is 2. The van der Waals surface area contributed by atoms with Gasteiger partial charge < -0.3 is 34.0 Å². The number of carbonyl (C=O) groups excluding carboxylic acids is 2. The van der Waals surface area contributed by atoms with E-state index in [0.29, 0.717) is 66.5 Å². The van der Waals surface area contributed by atoms with Crippen LogP contribution in [0.15, 0.2) is 42.7 Å². The topological polar surface area (TPSA) is 147 Å². The lowest BCUT2D eigenvalue weighted by atomic mass is 10.0. The maximum absolute atomic E-state index is 13.3. The number of halogens is 1. The molecule has 0 unspecified atom stereocenters. The highest BCUT2D eigenvalue weighted by atomic mass is 35.5. The zero-order valence-electron chi connectivity index (χ0n) is 24.5. The number of aromatic nitrogens is 4. The minimum absolute atomic E-state index is 0.107. The summed E-state index contributed by atoms with van der Waals surface area (Å²) in [6, 6.07) is 11.4. The Balaban J connectivity index is 1.41. The van der Waals surface area contributed by atoms with E-state index in [0.717, 1.165) is 5.56 Å². The number of methoxy groups -OCH3 is 2. The summed E-state index contributed by atoms with van der Waals surface area (Å²) in [4.78, 5) is 40.8. The highest BCUT2D eigenvalue weighted by Gasteiger charge is 2.35. The van der Waals surface area contributed by atoms with Gasteiger partial charge in [-0.05, 0) is 18.9 Å². The molecule has 14 heteroatoms. The zero-order valence-corrected chi connectivity index (χ0v) is 26.1. The largest absolute Gasteiger partial charge is 0.465 e. The molecule has 1 aromatic carbocycles. The van der Waals surface area contributed by atoms with E-state index in [2.05, 4.69) is 15.3 Å². The second-order valence-electron chi connectivity index (χ2n) is 10.2. The average Bonchev–Trinajstić information content (AvgIpc) is 3.77. The summed E-state index contributed by atoms with van der Waals surface area (Å²) in [7, 11) is 2.96. The molecule has 1 amide bonds. The molecule has 3 aromatic heterocycles. The highest BCUT2D eigenvalue weighted by molar-refractivity contribution is 7.17. The number of aromatic amines is 1. The van der Waals surface area contributed by atoms with E-state index in [9.17, 15) is 14.9 Å². The predicted octanol–water partition coefficient (Wildman–Crippen LogP) is 4.20. The van der Waals surface area contributed by atoms with Crippen LogP contribution in [0.3, 0.4) is 0 Å². The SMILES string of the molecule is COCCn1ccnc1-c1nc(N2CC[C@@H](NC(=O)c3[nH]c(C)c(Cl)c3C#N)[C@@H](OCc3ccccc3)C2)sc1C(=O)OC. The lowest BCUT2D eigenvalue weighted by Crippen LogP contribution is -2.55. The van der Waals surface area contributed by atoms with E-state index >= 15 is 0 Å². The Labute approximate surface area is 263 Å². The number of esters is 1. The number of aryl methyl sites for hydroxylation is 1. The number of nitrogens with zero attached hydrogens (tertiary/aromatic N) is 5. The van der Waals surface area contributed by atoms with Gasteiger partial charge in [-0.25, -0.2) is 14.8 Å². The Bertz CT molecular complexity index is 1660. The van der Waals surface area contributed by atoms with Gasteiger partial charge in [-0.1, -0.05) is 53.3 Å². The van der Waals surface area contributed by atoms with Crippen molar-refractivity contribution >= 4 is 39.9 Å². The molecule has 230 valence electrons. The van der Waals surface area contributed by atoms with Crippen molar-refractivity contribution in [3.05, 3.63) is 75.1 Å². The predicted molar refractivity (Wildman–Crippen MR) is 165 cm³/mol. The first-order valence-corrected chi connectivity index (χ1v) is 15.1. The summed E-state index contributed by atoms with van der Waals surface area (Å²) < 4.78 is 18.6. The lowest BCUT2D eigenvalue weighted by molar-refractivity contribution is 0.00967. The fourth-order valence-electron chi connectivity index (χ4n) is 5.04. The van der Waals surface area contributed by atoms with Crippen LogP contribution in [0.4, 0.5) is 5.13 Å². The number of nitriles is 1. The number of hydrogen-bond acceptors (Lipinski definition) is 10. The van der Waals surface area contributed by atoms with Crippen molar-refractivity contribution in [2.24, 2.45) is 0 Å². The summed E-state index contributed by atoms with van der Waals surface area (Å²) in [5.74, 6) is -0.398. The van der Waals surface area contributed by atoms with Gasteiger partial charge in [-0.15, -0.1) is 0 Å². The Morgan fingerprint density at radius 2 is 2.07 bits per heavy atom. The van der Waals surface area contributed by atoms with Crippen molar-refractivity contribution in [1.82, 2.24) is 24.8 Å². The van der Waals surface area contributed by atoms with E-state index in [4.69, 9.17) is 30.8 Å². The minimum Gasteiger partial charge on any atom is -0.465 e. The molecule has 5 rings (SSSR count). The van der Waals surface area contributed by atoms with Gasteiger partial charge in [0.1, 0.15) is 27.9 Å². The summed E-state index contributed by atoms with van der Waals surface area (Å²) >= 11 is 7.46. The van der Waals surface area contributed by atoms with E-state index < -0.39 is 18.0 Å². The molecular formula is C30H32ClN7O5S. The molecule has 2 N–H and O–H groups in total. The molecule has 0 aliphatic carbocycles. The smallest absolute Gasteiger partial charge is 0.350 e. The molecule has 1 aliphatic heterocycles. The summed E-state index contributed by atoms with van der Waals surface area (Å²) in [5.41, 5.74) is 2.19. The van der Waals surface area contributed by atoms with Crippen molar-refractivity contribution in [2.75, 3.05) is 38.8 Å². The van der Waals surface area contributed by atoms with Gasteiger partial charge in [-0.2, -0.15) is 5.26 Å². The van der Waals surface area contributed by atoms with Crippen LogP contribution >= 0.6 is 22.9 Å². The van der Waals surface area contributed by atoms with E-state index in [1.807, 2.05) is 52.1 Å². The molecule has 4 aromatic rings. The molecule has 1 aliphatic rings. The van der Waals surface area contributed by atoms with Gasteiger partial charge in [0.15, 0.2) is 11.0 Å². The molecule has 0 saturated carbocycles. The van der Waals surface area contributed by atoms with Crippen LogP contribution in [0.25, 0.3) is 11.5 Å². The third kappa shape index (κ3) is 6.63. The van der Waals surface area contributed by atoms with Gasteiger partial charge in [0, 0.05) is 44.8 Å². The first-order chi connectivity index (χ1) is 21.3.